The van der Waals surface area contributed by atoms with Crippen LogP contribution in [0.1, 0.15) is 0 Å². The van der Waals surface area contributed by atoms with Gasteiger partial charge >= 0.3 is 0 Å². The van der Waals surface area contributed by atoms with Crippen molar-refractivity contribution in [1.29, 1.82) is 0 Å². The molecule has 0 aliphatic carbocycles. The Morgan fingerprint density at radius 1 is 0.263 bits per heavy atom. The monoisotopic (exact) mass is 742 g/mol. The molecule has 9 aromatic carbocycles. The molecule has 0 radical (unpaired) electrons. The second-order valence-corrected chi connectivity index (χ2v) is 16.0. The number of nitrogens with zero attached hydrogens (tertiary/aromatic N) is 2. The fourth-order valence-electron chi connectivity index (χ4n) is 9.10. The van der Waals surface area contributed by atoms with Crippen molar-refractivity contribution in [2.45, 2.75) is 0 Å². The van der Waals surface area contributed by atoms with Gasteiger partial charge in [0.25, 0.3) is 0 Å². The highest BCUT2D eigenvalue weighted by Gasteiger charge is 2.20. The molecule has 0 bridgehead atoms. The number of fused-ring (bicyclic) bond motifs is 10. The van der Waals surface area contributed by atoms with E-state index < -0.39 is 0 Å². The minimum atomic E-state index is 1.16. The van der Waals surface area contributed by atoms with Gasteiger partial charge in [-0.1, -0.05) is 133 Å². The first-order valence-electron chi connectivity index (χ1n) is 19.5. The highest BCUT2D eigenvalue weighted by molar-refractivity contribution is 7.26. The minimum Gasteiger partial charge on any atom is -0.309 e. The first kappa shape index (κ1) is 32.1. The van der Waals surface area contributed by atoms with Gasteiger partial charge in [-0.2, -0.15) is 0 Å². The van der Waals surface area contributed by atoms with E-state index in [1.165, 1.54) is 97.2 Å². The predicted octanol–water partition coefficient (Wildman–Crippen LogP) is 15.2. The molecule has 0 spiro atoms. The van der Waals surface area contributed by atoms with Crippen LogP contribution in [0.2, 0.25) is 0 Å². The quantitative estimate of drug-likeness (QED) is 0.166. The van der Waals surface area contributed by atoms with Crippen molar-refractivity contribution in [2.24, 2.45) is 0 Å². The Morgan fingerprint density at radius 2 is 0.789 bits per heavy atom. The van der Waals surface area contributed by atoms with Gasteiger partial charge in [0.05, 0.1) is 22.1 Å². The Balaban J connectivity index is 1.06. The summed E-state index contributed by atoms with van der Waals surface area (Å²) in [6, 6.07) is 75.6. The molecule has 0 unspecified atom stereocenters. The molecule has 0 fully saturated rings. The van der Waals surface area contributed by atoms with E-state index in [-0.39, 0.29) is 0 Å². The summed E-state index contributed by atoms with van der Waals surface area (Å²) in [4.78, 5) is 0. The summed E-state index contributed by atoms with van der Waals surface area (Å²) in [5.41, 5.74) is 14.5. The van der Waals surface area contributed by atoms with Crippen molar-refractivity contribution in [1.82, 2.24) is 9.13 Å². The van der Waals surface area contributed by atoms with Crippen LogP contribution in [0.3, 0.4) is 0 Å². The number of thiophene rings is 1. The largest absolute Gasteiger partial charge is 0.309 e. The van der Waals surface area contributed by atoms with Gasteiger partial charge in [0.15, 0.2) is 0 Å². The van der Waals surface area contributed by atoms with E-state index >= 15 is 0 Å². The van der Waals surface area contributed by atoms with Gasteiger partial charge in [0, 0.05) is 53.1 Å². The minimum absolute atomic E-state index is 1.16. The lowest BCUT2D eigenvalue weighted by Crippen LogP contribution is -1.94. The standard InChI is InChI=1S/C54H34N2S/c1-3-12-35(13-4-1)37-22-26-41(27-23-37)55-49-29-25-40(34-46(49)53-50(55)30-31-52-54(53)44-19-8-10-21-51(44)57-52)39-24-28-48-45(33-39)43-18-7-9-20-47(43)56(48)42-17-11-16-38(32-42)36-14-5-2-6-15-36/h1-34H. The molecule has 3 aromatic heterocycles. The van der Waals surface area contributed by atoms with Crippen molar-refractivity contribution < 1.29 is 0 Å². The molecule has 12 aromatic rings. The number of rotatable bonds is 5. The van der Waals surface area contributed by atoms with E-state index in [0.29, 0.717) is 0 Å². The third kappa shape index (κ3) is 5.03. The molecule has 3 heteroatoms. The second kappa shape index (κ2) is 12.7. The zero-order chi connectivity index (χ0) is 37.5. The molecule has 0 saturated heterocycles. The van der Waals surface area contributed by atoms with E-state index in [2.05, 4.69) is 215 Å². The summed E-state index contributed by atoms with van der Waals surface area (Å²) >= 11 is 1.88. The molecule has 0 aliphatic rings. The zero-order valence-electron chi connectivity index (χ0n) is 30.9. The van der Waals surface area contributed by atoms with Crippen LogP contribution in [0.25, 0.3) is 109 Å². The maximum absolute atomic E-state index is 2.45. The highest BCUT2D eigenvalue weighted by Crippen LogP contribution is 2.45. The van der Waals surface area contributed by atoms with Crippen molar-refractivity contribution >= 4 is 75.1 Å². The Labute approximate surface area is 333 Å². The molecular weight excluding hydrogens is 709 g/mol. The van der Waals surface area contributed by atoms with Crippen molar-refractivity contribution in [3.8, 4) is 44.8 Å². The molecule has 3 heterocycles. The van der Waals surface area contributed by atoms with Gasteiger partial charge in [-0.3, -0.25) is 0 Å². The van der Waals surface area contributed by atoms with Crippen LogP contribution < -0.4 is 0 Å². The molecule has 0 amide bonds. The number of hydrogen-bond acceptors (Lipinski definition) is 1. The lowest BCUT2D eigenvalue weighted by atomic mass is 9.99. The summed E-state index contributed by atoms with van der Waals surface area (Å²) in [7, 11) is 0. The summed E-state index contributed by atoms with van der Waals surface area (Å²) < 4.78 is 7.51. The lowest BCUT2D eigenvalue weighted by Gasteiger charge is -2.11. The Kier molecular flexibility index (Phi) is 7.13. The SMILES string of the molecule is c1ccc(-c2ccc(-n3c4ccc(-c5ccc6c(c5)c5ccccc5n6-c5cccc(-c6ccccc6)c5)cc4c4c5c(ccc43)sc3ccccc35)cc2)cc1. The fourth-order valence-corrected chi connectivity index (χ4v) is 10.2. The third-order valence-corrected chi connectivity index (χ3v) is 12.9. The van der Waals surface area contributed by atoms with Gasteiger partial charge in [0.2, 0.25) is 0 Å². The van der Waals surface area contributed by atoms with Gasteiger partial charge in [-0.25, -0.2) is 0 Å². The number of benzene rings is 9. The molecule has 2 nitrogen and oxygen atoms in total. The highest BCUT2D eigenvalue weighted by atomic mass is 32.1. The molecule has 266 valence electrons. The zero-order valence-corrected chi connectivity index (χ0v) is 31.7. The topological polar surface area (TPSA) is 9.86 Å². The van der Waals surface area contributed by atoms with Crippen LogP contribution in [-0.4, -0.2) is 9.13 Å². The first-order chi connectivity index (χ1) is 28.3. The van der Waals surface area contributed by atoms with Gasteiger partial charge < -0.3 is 9.13 Å². The van der Waals surface area contributed by atoms with Crippen LogP contribution >= 0.6 is 11.3 Å². The average molecular weight is 743 g/mol. The predicted molar refractivity (Wildman–Crippen MR) is 244 cm³/mol. The summed E-state index contributed by atoms with van der Waals surface area (Å²) in [6.45, 7) is 0. The Morgan fingerprint density at radius 3 is 1.56 bits per heavy atom. The molecule has 57 heavy (non-hydrogen) atoms. The first-order valence-corrected chi connectivity index (χ1v) is 20.3. The maximum Gasteiger partial charge on any atom is 0.0548 e. The second-order valence-electron chi connectivity index (χ2n) is 14.9. The normalized spacial score (nSPS) is 11.9. The summed E-state index contributed by atoms with van der Waals surface area (Å²) in [5, 5.41) is 7.74. The van der Waals surface area contributed by atoms with E-state index in [1.807, 2.05) is 11.3 Å². The van der Waals surface area contributed by atoms with Crippen LogP contribution in [0, 0.1) is 0 Å². The van der Waals surface area contributed by atoms with Crippen LogP contribution in [0.5, 0.6) is 0 Å². The lowest BCUT2D eigenvalue weighted by molar-refractivity contribution is 1.18. The van der Waals surface area contributed by atoms with Crippen molar-refractivity contribution in [2.75, 3.05) is 0 Å². The van der Waals surface area contributed by atoms with Crippen molar-refractivity contribution in [3.63, 3.8) is 0 Å². The van der Waals surface area contributed by atoms with Gasteiger partial charge in [-0.15, -0.1) is 11.3 Å². The van der Waals surface area contributed by atoms with E-state index in [9.17, 15) is 0 Å². The molecule has 0 aliphatic heterocycles. The van der Waals surface area contributed by atoms with E-state index in [0.717, 1.165) is 11.4 Å². The Hall–Kier alpha value is -7.20. The number of para-hydroxylation sites is 1. The van der Waals surface area contributed by atoms with Crippen molar-refractivity contribution in [3.05, 3.63) is 206 Å². The number of aromatic nitrogens is 2. The summed E-state index contributed by atoms with van der Waals surface area (Å²) in [5.74, 6) is 0. The average Bonchev–Trinajstić information content (AvgIpc) is 3.94. The fraction of sp³-hybridized carbons (Fsp3) is 0. The molecule has 12 rings (SSSR count). The van der Waals surface area contributed by atoms with Crippen LogP contribution in [0.15, 0.2) is 206 Å². The third-order valence-electron chi connectivity index (χ3n) is 11.7. The van der Waals surface area contributed by atoms with E-state index in [1.54, 1.807) is 0 Å². The van der Waals surface area contributed by atoms with E-state index in [4.69, 9.17) is 0 Å². The Bertz CT molecular complexity index is 3490. The smallest absolute Gasteiger partial charge is 0.0548 e. The molecule has 0 atom stereocenters. The number of hydrogen-bond donors (Lipinski definition) is 0. The molecule has 0 saturated carbocycles. The molecule has 0 N–H and O–H groups in total. The van der Waals surface area contributed by atoms with Crippen LogP contribution in [0.4, 0.5) is 0 Å². The van der Waals surface area contributed by atoms with Gasteiger partial charge in [-0.05, 0) is 106 Å². The van der Waals surface area contributed by atoms with Crippen LogP contribution in [-0.2, 0) is 0 Å². The van der Waals surface area contributed by atoms with Gasteiger partial charge in [0.1, 0.15) is 0 Å². The molecular formula is C54H34N2S. The summed E-state index contributed by atoms with van der Waals surface area (Å²) in [6.07, 6.45) is 0. The maximum atomic E-state index is 2.45.